The van der Waals surface area contributed by atoms with Gasteiger partial charge < -0.3 is 0 Å². The van der Waals surface area contributed by atoms with Gasteiger partial charge in [-0.1, -0.05) is 13.8 Å². The number of aromatic nitrogens is 3. The van der Waals surface area contributed by atoms with Crippen molar-refractivity contribution < 1.29 is 0 Å². The molecule has 2 aromatic rings. The van der Waals surface area contributed by atoms with Crippen LogP contribution in [0.4, 0.5) is 0 Å². The van der Waals surface area contributed by atoms with E-state index in [0.29, 0.717) is 5.92 Å². The zero-order valence-electron chi connectivity index (χ0n) is 7.94. The molecular formula is C10H13N3. The predicted octanol–water partition coefficient (Wildman–Crippen LogP) is 1.93. The van der Waals surface area contributed by atoms with Crippen LogP contribution in [0.1, 0.15) is 19.5 Å². The Hall–Kier alpha value is -1.38. The smallest absolute Gasteiger partial charge is 0.153 e. The third-order valence-corrected chi connectivity index (χ3v) is 1.93. The summed E-state index contributed by atoms with van der Waals surface area (Å²) in [6.07, 6.45) is 4.66. The minimum absolute atomic E-state index is 0.647. The van der Waals surface area contributed by atoms with Crippen molar-refractivity contribution in [2.75, 3.05) is 0 Å². The molecule has 2 heterocycles. The summed E-state index contributed by atoms with van der Waals surface area (Å²) in [4.78, 5) is 4.14. The highest BCUT2D eigenvalue weighted by molar-refractivity contribution is 5.36. The van der Waals surface area contributed by atoms with E-state index < -0.39 is 0 Å². The number of fused-ring (bicyclic) bond motifs is 1. The summed E-state index contributed by atoms with van der Waals surface area (Å²) < 4.78 is 1.82. The molecule has 3 heteroatoms. The second-order valence-corrected chi connectivity index (χ2v) is 3.65. The highest BCUT2D eigenvalue weighted by Crippen LogP contribution is 2.06. The topological polar surface area (TPSA) is 30.2 Å². The molecule has 0 aliphatic heterocycles. The fraction of sp³-hybridized carbons (Fsp3) is 0.400. The first-order valence-electron chi connectivity index (χ1n) is 4.55. The van der Waals surface area contributed by atoms with Crippen molar-refractivity contribution in [2.24, 2.45) is 5.92 Å². The van der Waals surface area contributed by atoms with Gasteiger partial charge in [0.25, 0.3) is 0 Å². The van der Waals surface area contributed by atoms with Crippen LogP contribution in [0.25, 0.3) is 5.65 Å². The minimum atomic E-state index is 0.647. The molecule has 2 rings (SSSR count). The summed E-state index contributed by atoms with van der Waals surface area (Å²) in [5.41, 5.74) is 2.04. The third kappa shape index (κ3) is 1.69. The monoisotopic (exact) mass is 175 g/mol. The summed E-state index contributed by atoms with van der Waals surface area (Å²) >= 11 is 0. The molecule has 3 nitrogen and oxygen atoms in total. The van der Waals surface area contributed by atoms with E-state index in [-0.39, 0.29) is 0 Å². The van der Waals surface area contributed by atoms with Crippen molar-refractivity contribution in [3.05, 3.63) is 30.2 Å². The molecule has 0 aromatic carbocycles. The van der Waals surface area contributed by atoms with Crippen molar-refractivity contribution in [3.63, 3.8) is 0 Å². The largest absolute Gasteiger partial charge is 0.236 e. The number of imidazole rings is 1. The fourth-order valence-corrected chi connectivity index (χ4v) is 1.38. The Morgan fingerprint density at radius 2 is 2.23 bits per heavy atom. The van der Waals surface area contributed by atoms with Gasteiger partial charge in [0, 0.05) is 12.4 Å². The van der Waals surface area contributed by atoms with E-state index in [1.165, 1.54) is 0 Å². The molecule has 0 fully saturated rings. The highest BCUT2D eigenvalue weighted by Gasteiger charge is 2.00. The Bertz CT molecular complexity index is 403. The standard InChI is InChI=1S/C10H13N3/c1-8(2)7-9-3-4-10-11-5-6-13(10)12-9/h3-6,8H,7H2,1-2H3. The van der Waals surface area contributed by atoms with Gasteiger partial charge in [0.05, 0.1) is 5.69 Å². The van der Waals surface area contributed by atoms with Gasteiger partial charge in [0.15, 0.2) is 5.65 Å². The molecule has 0 aliphatic carbocycles. The summed E-state index contributed by atoms with van der Waals surface area (Å²) in [6, 6.07) is 4.05. The Morgan fingerprint density at radius 1 is 1.38 bits per heavy atom. The van der Waals surface area contributed by atoms with Crippen LogP contribution < -0.4 is 0 Å². The molecule has 0 radical (unpaired) electrons. The molecule has 0 bridgehead atoms. The van der Waals surface area contributed by atoms with Crippen LogP contribution in [-0.4, -0.2) is 14.6 Å². The van der Waals surface area contributed by atoms with E-state index in [0.717, 1.165) is 17.8 Å². The Morgan fingerprint density at radius 3 is 3.00 bits per heavy atom. The van der Waals surface area contributed by atoms with Crippen molar-refractivity contribution >= 4 is 5.65 Å². The van der Waals surface area contributed by atoms with E-state index in [4.69, 9.17) is 0 Å². The first kappa shape index (κ1) is 8.23. The van der Waals surface area contributed by atoms with Crippen molar-refractivity contribution in [1.29, 1.82) is 0 Å². The van der Waals surface area contributed by atoms with Crippen LogP contribution in [0, 0.1) is 5.92 Å². The minimum Gasteiger partial charge on any atom is -0.236 e. The van der Waals surface area contributed by atoms with Crippen LogP contribution in [0.5, 0.6) is 0 Å². The lowest BCUT2D eigenvalue weighted by molar-refractivity contribution is 0.624. The van der Waals surface area contributed by atoms with Crippen LogP contribution >= 0.6 is 0 Å². The Labute approximate surface area is 77.4 Å². The molecule has 68 valence electrons. The predicted molar refractivity (Wildman–Crippen MR) is 51.5 cm³/mol. The van der Waals surface area contributed by atoms with Crippen molar-refractivity contribution in [3.8, 4) is 0 Å². The van der Waals surface area contributed by atoms with Crippen molar-refractivity contribution in [2.45, 2.75) is 20.3 Å². The molecule has 0 saturated heterocycles. The van der Waals surface area contributed by atoms with Gasteiger partial charge in [0.2, 0.25) is 0 Å². The molecule has 0 N–H and O–H groups in total. The molecule has 0 aliphatic rings. The highest BCUT2D eigenvalue weighted by atomic mass is 15.2. The van der Waals surface area contributed by atoms with Gasteiger partial charge >= 0.3 is 0 Å². The van der Waals surface area contributed by atoms with Crippen LogP contribution in [0.15, 0.2) is 24.5 Å². The summed E-state index contributed by atoms with van der Waals surface area (Å²) in [6.45, 7) is 4.39. The first-order chi connectivity index (χ1) is 6.25. The number of hydrogen-bond acceptors (Lipinski definition) is 2. The van der Waals surface area contributed by atoms with Crippen LogP contribution in [-0.2, 0) is 6.42 Å². The maximum Gasteiger partial charge on any atom is 0.153 e. The average molecular weight is 175 g/mol. The summed E-state index contributed by atoms with van der Waals surface area (Å²) in [5.74, 6) is 0.647. The lowest BCUT2D eigenvalue weighted by atomic mass is 10.1. The molecule has 0 unspecified atom stereocenters. The van der Waals surface area contributed by atoms with Gasteiger partial charge in [-0.3, -0.25) is 0 Å². The van der Waals surface area contributed by atoms with Crippen LogP contribution in [0.3, 0.4) is 0 Å². The molecule has 0 saturated carbocycles. The summed E-state index contributed by atoms with van der Waals surface area (Å²) in [5, 5.41) is 4.43. The van der Waals surface area contributed by atoms with Gasteiger partial charge in [-0.2, -0.15) is 5.10 Å². The Kier molecular flexibility index (Phi) is 2.00. The van der Waals surface area contributed by atoms with Crippen molar-refractivity contribution in [1.82, 2.24) is 14.6 Å². The first-order valence-corrected chi connectivity index (χ1v) is 4.55. The van der Waals surface area contributed by atoms with Gasteiger partial charge in [-0.25, -0.2) is 9.50 Å². The quantitative estimate of drug-likeness (QED) is 0.698. The van der Waals surface area contributed by atoms with E-state index in [1.807, 2.05) is 22.8 Å². The van der Waals surface area contributed by atoms with E-state index in [9.17, 15) is 0 Å². The molecule has 0 amide bonds. The third-order valence-electron chi connectivity index (χ3n) is 1.93. The lowest BCUT2D eigenvalue weighted by Crippen LogP contribution is -2.01. The molecule has 13 heavy (non-hydrogen) atoms. The van der Waals surface area contributed by atoms with Crippen LogP contribution in [0.2, 0.25) is 0 Å². The zero-order valence-corrected chi connectivity index (χ0v) is 7.94. The molecule has 0 atom stereocenters. The van der Waals surface area contributed by atoms with Gasteiger partial charge in [-0.15, -0.1) is 0 Å². The molecule has 2 aromatic heterocycles. The van der Waals surface area contributed by atoms with E-state index in [2.05, 4.69) is 23.9 Å². The lowest BCUT2D eigenvalue weighted by Gasteiger charge is -2.03. The molecular weight excluding hydrogens is 162 g/mol. The normalized spacial score (nSPS) is 11.3. The summed E-state index contributed by atoms with van der Waals surface area (Å²) in [7, 11) is 0. The zero-order chi connectivity index (χ0) is 9.26. The average Bonchev–Trinajstić information content (AvgIpc) is 2.49. The maximum atomic E-state index is 4.43. The number of hydrogen-bond donors (Lipinski definition) is 0. The fourth-order valence-electron chi connectivity index (χ4n) is 1.38. The number of nitrogens with zero attached hydrogens (tertiary/aromatic N) is 3. The van der Waals surface area contributed by atoms with E-state index >= 15 is 0 Å². The maximum absolute atomic E-state index is 4.43. The second kappa shape index (κ2) is 3.17. The SMILES string of the molecule is CC(C)Cc1ccc2nccn2n1. The van der Waals surface area contributed by atoms with Gasteiger partial charge in [-0.05, 0) is 24.5 Å². The Balaban J connectivity index is 2.37. The van der Waals surface area contributed by atoms with Gasteiger partial charge in [0.1, 0.15) is 0 Å². The number of rotatable bonds is 2. The molecule has 0 spiro atoms. The second-order valence-electron chi connectivity index (χ2n) is 3.65. The van der Waals surface area contributed by atoms with E-state index in [1.54, 1.807) is 6.20 Å².